The summed E-state index contributed by atoms with van der Waals surface area (Å²) in [4.78, 5) is 12.1. The molecule has 0 spiro atoms. The van der Waals surface area contributed by atoms with Gasteiger partial charge >= 0.3 is 6.03 Å². The summed E-state index contributed by atoms with van der Waals surface area (Å²) < 4.78 is 12.3. The first-order valence-corrected chi connectivity index (χ1v) is 8.70. The Morgan fingerprint density at radius 3 is 2.62 bits per heavy atom. The zero-order valence-electron chi connectivity index (χ0n) is 15.1. The smallest absolute Gasteiger partial charge is 0.315 e. The summed E-state index contributed by atoms with van der Waals surface area (Å²) >= 11 is 0. The maximum Gasteiger partial charge on any atom is 0.315 e. The lowest BCUT2D eigenvalue weighted by atomic mass is 10.2. The monoisotopic (exact) mass is 360 g/mol. The van der Waals surface area contributed by atoms with E-state index in [0.717, 1.165) is 18.4 Å². The standard InChI is InChI=1S/C17H24N6O3/c1-25-14-8-7-12(9-15(14)26-2)10-18-17(24)19-11-16-20-21-22-23(16)13-5-3-4-6-13/h7-9,13H,3-6,10-11H2,1-2H3,(H2,18,19,24). The van der Waals surface area contributed by atoms with Gasteiger partial charge in [-0.15, -0.1) is 5.10 Å². The highest BCUT2D eigenvalue weighted by molar-refractivity contribution is 5.73. The summed E-state index contributed by atoms with van der Waals surface area (Å²) in [5, 5.41) is 17.4. The van der Waals surface area contributed by atoms with Crippen LogP contribution in [-0.4, -0.2) is 40.5 Å². The predicted octanol–water partition coefficient (Wildman–Crippen LogP) is 1.80. The fraction of sp³-hybridized carbons (Fsp3) is 0.529. The molecule has 0 aliphatic heterocycles. The van der Waals surface area contributed by atoms with Crippen molar-refractivity contribution in [2.24, 2.45) is 0 Å². The van der Waals surface area contributed by atoms with Crippen molar-refractivity contribution in [3.63, 3.8) is 0 Å². The van der Waals surface area contributed by atoms with Gasteiger partial charge in [-0.25, -0.2) is 9.48 Å². The molecule has 140 valence electrons. The van der Waals surface area contributed by atoms with Crippen molar-refractivity contribution in [3.8, 4) is 11.5 Å². The summed E-state index contributed by atoms with van der Waals surface area (Å²) in [6.07, 6.45) is 4.57. The van der Waals surface area contributed by atoms with Gasteiger partial charge in [0.05, 0.1) is 26.8 Å². The lowest BCUT2D eigenvalue weighted by molar-refractivity contribution is 0.239. The van der Waals surface area contributed by atoms with Gasteiger partial charge in [0, 0.05) is 6.54 Å². The lowest BCUT2D eigenvalue weighted by Gasteiger charge is -2.13. The van der Waals surface area contributed by atoms with Gasteiger partial charge < -0.3 is 20.1 Å². The minimum atomic E-state index is -0.277. The Morgan fingerprint density at radius 1 is 1.15 bits per heavy atom. The van der Waals surface area contributed by atoms with E-state index in [1.807, 2.05) is 22.9 Å². The Hall–Kier alpha value is -2.84. The third-order valence-electron chi connectivity index (χ3n) is 4.54. The third-order valence-corrected chi connectivity index (χ3v) is 4.54. The zero-order chi connectivity index (χ0) is 18.4. The molecule has 0 radical (unpaired) electrons. The Kier molecular flexibility index (Phi) is 5.88. The summed E-state index contributed by atoms with van der Waals surface area (Å²) in [6.45, 7) is 0.668. The van der Waals surface area contributed by atoms with Crippen molar-refractivity contribution in [3.05, 3.63) is 29.6 Å². The van der Waals surface area contributed by atoms with E-state index in [4.69, 9.17) is 9.47 Å². The number of tetrazole rings is 1. The Balaban J connectivity index is 1.50. The number of rotatable bonds is 7. The number of carbonyl (C=O) groups is 1. The van der Waals surface area contributed by atoms with Crippen molar-refractivity contribution in [2.45, 2.75) is 44.8 Å². The van der Waals surface area contributed by atoms with Crippen LogP contribution in [0.1, 0.15) is 43.1 Å². The average Bonchev–Trinajstić information content (AvgIpc) is 3.35. The zero-order valence-corrected chi connectivity index (χ0v) is 15.1. The third kappa shape index (κ3) is 4.22. The normalized spacial score (nSPS) is 14.2. The van der Waals surface area contributed by atoms with Crippen LogP contribution in [0.4, 0.5) is 4.79 Å². The molecule has 0 bridgehead atoms. The molecule has 1 aliphatic rings. The minimum Gasteiger partial charge on any atom is -0.493 e. The van der Waals surface area contributed by atoms with Crippen LogP contribution in [0.5, 0.6) is 11.5 Å². The van der Waals surface area contributed by atoms with E-state index in [1.54, 1.807) is 14.2 Å². The lowest BCUT2D eigenvalue weighted by Crippen LogP contribution is -2.35. The van der Waals surface area contributed by atoms with Crippen LogP contribution < -0.4 is 20.1 Å². The Morgan fingerprint density at radius 2 is 1.88 bits per heavy atom. The molecule has 26 heavy (non-hydrogen) atoms. The minimum absolute atomic E-state index is 0.277. The van der Waals surface area contributed by atoms with Crippen LogP contribution in [0.25, 0.3) is 0 Å². The van der Waals surface area contributed by atoms with E-state index in [0.29, 0.717) is 36.5 Å². The van der Waals surface area contributed by atoms with E-state index in [-0.39, 0.29) is 6.03 Å². The van der Waals surface area contributed by atoms with Crippen LogP contribution >= 0.6 is 0 Å². The maximum atomic E-state index is 12.1. The molecule has 1 fully saturated rings. The molecule has 9 heteroatoms. The van der Waals surface area contributed by atoms with Gasteiger partial charge in [-0.1, -0.05) is 18.9 Å². The average molecular weight is 360 g/mol. The number of ether oxygens (including phenoxy) is 2. The summed E-state index contributed by atoms with van der Waals surface area (Å²) in [7, 11) is 3.17. The van der Waals surface area contributed by atoms with Gasteiger partial charge in [0.25, 0.3) is 0 Å². The van der Waals surface area contributed by atoms with Crippen molar-refractivity contribution >= 4 is 6.03 Å². The number of hydrogen-bond acceptors (Lipinski definition) is 6. The van der Waals surface area contributed by atoms with Gasteiger partial charge in [0.1, 0.15) is 0 Å². The second kappa shape index (κ2) is 8.50. The number of aromatic nitrogens is 4. The van der Waals surface area contributed by atoms with E-state index < -0.39 is 0 Å². The van der Waals surface area contributed by atoms with Crippen LogP contribution in [0.3, 0.4) is 0 Å². The number of urea groups is 1. The molecular formula is C17H24N6O3. The molecule has 2 aromatic rings. The van der Waals surface area contributed by atoms with E-state index in [1.165, 1.54) is 12.8 Å². The molecule has 3 rings (SSSR count). The second-order valence-electron chi connectivity index (χ2n) is 6.20. The first kappa shape index (κ1) is 18.0. The number of amides is 2. The van der Waals surface area contributed by atoms with Gasteiger partial charge in [-0.2, -0.15) is 0 Å². The van der Waals surface area contributed by atoms with E-state index in [2.05, 4.69) is 26.2 Å². The molecule has 1 heterocycles. The molecule has 1 saturated carbocycles. The van der Waals surface area contributed by atoms with E-state index >= 15 is 0 Å². The topological polar surface area (TPSA) is 103 Å². The Bertz CT molecular complexity index is 742. The quantitative estimate of drug-likeness (QED) is 0.780. The molecule has 2 amide bonds. The summed E-state index contributed by atoms with van der Waals surface area (Å²) in [5.74, 6) is 1.96. The number of nitrogens with one attached hydrogen (secondary N) is 2. The molecule has 2 N–H and O–H groups in total. The van der Waals surface area contributed by atoms with Crippen molar-refractivity contribution < 1.29 is 14.3 Å². The highest BCUT2D eigenvalue weighted by Gasteiger charge is 2.21. The van der Waals surface area contributed by atoms with Crippen LogP contribution in [-0.2, 0) is 13.1 Å². The number of nitrogens with zero attached hydrogens (tertiary/aromatic N) is 4. The molecular weight excluding hydrogens is 336 g/mol. The molecule has 1 aromatic carbocycles. The summed E-state index contributed by atoms with van der Waals surface area (Å²) in [6, 6.07) is 5.59. The number of hydrogen-bond donors (Lipinski definition) is 2. The van der Waals surface area contributed by atoms with Crippen molar-refractivity contribution in [1.29, 1.82) is 0 Å². The van der Waals surface area contributed by atoms with Crippen LogP contribution in [0.15, 0.2) is 18.2 Å². The molecule has 0 atom stereocenters. The fourth-order valence-electron chi connectivity index (χ4n) is 3.16. The van der Waals surface area contributed by atoms with Gasteiger partial charge in [-0.3, -0.25) is 0 Å². The van der Waals surface area contributed by atoms with Gasteiger partial charge in [0.2, 0.25) is 0 Å². The first-order chi connectivity index (χ1) is 12.7. The molecule has 9 nitrogen and oxygen atoms in total. The second-order valence-corrected chi connectivity index (χ2v) is 6.20. The number of methoxy groups -OCH3 is 2. The van der Waals surface area contributed by atoms with Gasteiger partial charge in [0.15, 0.2) is 17.3 Å². The highest BCUT2D eigenvalue weighted by atomic mass is 16.5. The van der Waals surface area contributed by atoms with E-state index in [9.17, 15) is 4.79 Å². The highest BCUT2D eigenvalue weighted by Crippen LogP contribution is 2.29. The maximum absolute atomic E-state index is 12.1. The van der Waals surface area contributed by atoms with Crippen molar-refractivity contribution in [1.82, 2.24) is 30.8 Å². The first-order valence-electron chi connectivity index (χ1n) is 8.70. The molecule has 0 unspecified atom stereocenters. The molecule has 1 aliphatic carbocycles. The number of carbonyl (C=O) groups excluding carboxylic acids is 1. The molecule has 0 saturated heterocycles. The van der Waals surface area contributed by atoms with Crippen molar-refractivity contribution in [2.75, 3.05) is 14.2 Å². The predicted molar refractivity (Wildman–Crippen MR) is 93.9 cm³/mol. The Labute approximate surface area is 152 Å². The van der Waals surface area contributed by atoms with Crippen LogP contribution in [0, 0.1) is 0 Å². The largest absolute Gasteiger partial charge is 0.493 e. The summed E-state index contributed by atoms with van der Waals surface area (Å²) in [5.41, 5.74) is 0.911. The SMILES string of the molecule is COc1ccc(CNC(=O)NCc2nnnn2C2CCCC2)cc1OC. The number of benzene rings is 1. The van der Waals surface area contributed by atoms with Crippen LogP contribution in [0.2, 0.25) is 0 Å². The fourth-order valence-corrected chi connectivity index (χ4v) is 3.16. The molecule has 1 aromatic heterocycles. The van der Waals surface area contributed by atoms with Gasteiger partial charge in [-0.05, 0) is 41.0 Å².